The van der Waals surface area contributed by atoms with Crippen LogP contribution < -0.4 is 5.32 Å². The van der Waals surface area contributed by atoms with E-state index in [2.05, 4.69) is 10.3 Å². The molecule has 1 amide bonds. The van der Waals surface area contributed by atoms with Crippen molar-refractivity contribution in [1.29, 1.82) is 0 Å². The Hall–Kier alpha value is -2.00. The zero-order valence-electron chi connectivity index (χ0n) is 7.37. The Kier molecular flexibility index (Phi) is 3.09. The number of nitrogens with zero attached hydrogens (tertiary/aromatic N) is 1. The average Bonchev–Trinajstić information content (AvgIpc) is 2.20. The first-order chi connectivity index (χ1) is 6.69. The van der Waals surface area contributed by atoms with Gasteiger partial charge in [0, 0.05) is 7.05 Å². The molecule has 0 aliphatic rings. The minimum absolute atomic E-state index is 0.149. The molecule has 4 nitrogen and oxygen atoms in total. The van der Waals surface area contributed by atoms with Gasteiger partial charge in [-0.3, -0.25) is 4.79 Å². The molecular weight excluding hydrogens is 187 g/mol. The third kappa shape index (κ3) is 2.02. The van der Waals surface area contributed by atoms with Gasteiger partial charge in [-0.25, -0.2) is 9.18 Å². The summed E-state index contributed by atoms with van der Waals surface area (Å²) in [6.07, 6.45) is 1.31. The minimum atomic E-state index is -0.658. The summed E-state index contributed by atoms with van der Waals surface area (Å²) in [6.45, 7) is 0. The molecule has 0 atom stereocenters. The Morgan fingerprint density at radius 3 is 2.86 bits per heavy atom. The fourth-order valence-corrected chi connectivity index (χ4v) is 0.944. The summed E-state index contributed by atoms with van der Waals surface area (Å²) in [5.41, 5.74) is 0.0454. The van der Waals surface area contributed by atoms with Crippen molar-refractivity contribution in [1.82, 2.24) is 5.32 Å². The second-order valence-corrected chi connectivity index (χ2v) is 2.45. The zero-order chi connectivity index (χ0) is 10.6. The number of carbonyl (C=O) groups is 1. The molecule has 5 heteroatoms. The Balaban J connectivity index is 3.20. The van der Waals surface area contributed by atoms with Crippen LogP contribution in [0, 0.1) is 5.82 Å². The van der Waals surface area contributed by atoms with Gasteiger partial charge in [0.1, 0.15) is 5.82 Å². The number of carbonyl (C=O) groups excluding carboxylic acids is 2. The van der Waals surface area contributed by atoms with Crippen molar-refractivity contribution >= 4 is 17.7 Å². The highest BCUT2D eigenvalue weighted by Gasteiger charge is 2.10. The second-order valence-electron chi connectivity index (χ2n) is 2.45. The molecule has 0 aliphatic carbocycles. The number of amides is 1. The third-order valence-electron chi connectivity index (χ3n) is 1.60. The SMILES string of the molecule is CNC(=O)c1cc(N=C=O)ccc1F. The van der Waals surface area contributed by atoms with E-state index in [9.17, 15) is 14.0 Å². The van der Waals surface area contributed by atoms with Gasteiger partial charge in [0.15, 0.2) is 0 Å². The lowest BCUT2D eigenvalue weighted by Crippen LogP contribution is -2.19. The van der Waals surface area contributed by atoms with Crippen molar-refractivity contribution in [2.45, 2.75) is 0 Å². The van der Waals surface area contributed by atoms with E-state index in [1.165, 1.54) is 25.3 Å². The van der Waals surface area contributed by atoms with Crippen LogP contribution in [0.5, 0.6) is 0 Å². The van der Waals surface area contributed by atoms with Crippen LogP contribution in [-0.4, -0.2) is 19.0 Å². The molecule has 0 fully saturated rings. The van der Waals surface area contributed by atoms with Gasteiger partial charge in [-0.15, -0.1) is 0 Å². The number of nitrogens with one attached hydrogen (secondary N) is 1. The molecular formula is C9H7FN2O2. The zero-order valence-corrected chi connectivity index (χ0v) is 7.37. The fraction of sp³-hybridized carbons (Fsp3) is 0.111. The van der Waals surface area contributed by atoms with E-state index in [0.29, 0.717) is 0 Å². The van der Waals surface area contributed by atoms with Crippen molar-refractivity contribution in [2.24, 2.45) is 4.99 Å². The Bertz CT molecular complexity index is 411. The average molecular weight is 194 g/mol. The molecule has 0 bridgehead atoms. The van der Waals surface area contributed by atoms with Crippen molar-refractivity contribution in [3.05, 3.63) is 29.6 Å². The first kappa shape index (κ1) is 10.1. The summed E-state index contributed by atoms with van der Waals surface area (Å²) < 4.78 is 13.0. The molecule has 72 valence electrons. The van der Waals surface area contributed by atoms with Crippen LogP contribution in [0.15, 0.2) is 23.2 Å². The van der Waals surface area contributed by atoms with E-state index in [-0.39, 0.29) is 11.3 Å². The van der Waals surface area contributed by atoms with E-state index in [1.807, 2.05) is 0 Å². The fourth-order valence-electron chi connectivity index (χ4n) is 0.944. The standard InChI is InChI=1S/C9H7FN2O2/c1-11-9(14)7-4-6(12-5-13)2-3-8(7)10/h2-4H,1H3,(H,11,14). The van der Waals surface area contributed by atoms with Gasteiger partial charge >= 0.3 is 0 Å². The lowest BCUT2D eigenvalue weighted by Gasteiger charge is -2.01. The van der Waals surface area contributed by atoms with Crippen molar-refractivity contribution in [2.75, 3.05) is 7.05 Å². The first-order valence-corrected chi connectivity index (χ1v) is 3.78. The highest BCUT2D eigenvalue weighted by Crippen LogP contribution is 2.16. The maximum atomic E-state index is 13.0. The predicted octanol–water partition coefficient (Wildman–Crippen LogP) is 1.15. The van der Waals surface area contributed by atoms with Gasteiger partial charge in [-0.2, -0.15) is 4.99 Å². The number of aliphatic imine (C=N–C) groups is 1. The topological polar surface area (TPSA) is 58.5 Å². The quantitative estimate of drug-likeness (QED) is 0.567. The molecule has 0 spiro atoms. The number of hydrogen-bond donors (Lipinski definition) is 1. The van der Waals surface area contributed by atoms with E-state index in [4.69, 9.17) is 0 Å². The van der Waals surface area contributed by atoms with E-state index >= 15 is 0 Å². The lowest BCUT2D eigenvalue weighted by molar-refractivity contribution is 0.0959. The van der Waals surface area contributed by atoms with Crippen LogP contribution in [0.2, 0.25) is 0 Å². The summed E-state index contributed by atoms with van der Waals surface area (Å²) in [5.74, 6) is -1.22. The largest absolute Gasteiger partial charge is 0.355 e. The summed E-state index contributed by atoms with van der Waals surface area (Å²) in [5, 5.41) is 2.27. The normalized spacial score (nSPS) is 9.00. The van der Waals surface area contributed by atoms with Crippen LogP contribution in [-0.2, 0) is 4.79 Å². The van der Waals surface area contributed by atoms with Crippen molar-refractivity contribution < 1.29 is 14.0 Å². The predicted molar refractivity (Wildman–Crippen MR) is 47.6 cm³/mol. The number of rotatable bonds is 2. The maximum Gasteiger partial charge on any atom is 0.254 e. The molecule has 1 aromatic carbocycles. The third-order valence-corrected chi connectivity index (χ3v) is 1.60. The smallest absolute Gasteiger partial charge is 0.254 e. The van der Waals surface area contributed by atoms with E-state index in [1.54, 1.807) is 0 Å². The molecule has 0 heterocycles. The van der Waals surface area contributed by atoms with Gasteiger partial charge in [0.05, 0.1) is 11.3 Å². The van der Waals surface area contributed by atoms with Gasteiger partial charge in [0.25, 0.3) is 5.91 Å². The van der Waals surface area contributed by atoms with Gasteiger partial charge in [0.2, 0.25) is 6.08 Å². The molecule has 0 unspecified atom stereocenters. The molecule has 0 saturated carbocycles. The Labute approximate surface area is 79.5 Å². The number of halogens is 1. The summed E-state index contributed by atoms with van der Waals surface area (Å²) in [4.78, 5) is 24.3. The molecule has 0 aliphatic heterocycles. The van der Waals surface area contributed by atoms with Crippen LogP contribution in [0.4, 0.5) is 10.1 Å². The molecule has 1 rings (SSSR count). The van der Waals surface area contributed by atoms with Crippen LogP contribution in [0.1, 0.15) is 10.4 Å². The van der Waals surface area contributed by atoms with Crippen LogP contribution in [0.3, 0.4) is 0 Å². The molecule has 0 aromatic heterocycles. The van der Waals surface area contributed by atoms with Crippen molar-refractivity contribution in [3.8, 4) is 0 Å². The Morgan fingerprint density at radius 1 is 1.57 bits per heavy atom. The molecule has 1 N–H and O–H groups in total. The van der Waals surface area contributed by atoms with Crippen LogP contribution in [0.25, 0.3) is 0 Å². The second kappa shape index (κ2) is 4.30. The summed E-state index contributed by atoms with van der Waals surface area (Å²) in [7, 11) is 1.39. The summed E-state index contributed by atoms with van der Waals surface area (Å²) in [6, 6.07) is 3.53. The van der Waals surface area contributed by atoms with E-state index < -0.39 is 11.7 Å². The van der Waals surface area contributed by atoms with Crippen LogP contribution >= 0.6 is 0 Å². The highest BCUT2D eigenvalue weighted by molar-refractivity contribution is 5.95. The van der Waals surface area contributed by atoms with Gasteiger partial charge in [-0.1, -0.05) is 0 Å². The molecule has 14 heavy (non-hydrogen) atoms. The number of isocyanates is 1. The molecule has 1 aromatic rings. The van der Waals surface area contributed by atoms with Crippen molar-refractivity contribution in [3.63, 3.8) is 0 Å². The number of hydrogen-bond acceptors (Lipinski definition) is 3. The molecule has 0 radical (unpaired) electrons. The minimum Gasteiger partial charge on any atom is -0.355 e. The number of benzene rings is 1. The monoisotopic (exact) mass is 194 g/mol. The first-order valence-electron chi connectivity index (χ1n) is 3.78. The van der Waals surface area contributed by atoms with Gasteiger partial charge < -0.3 is 5.32 Å². The highest BCUT2D eigenvalue weighted by atomic mass is 19.1. The lowest BCUT2D eigenvalue weighted by atomic mass is 10.2. The van der Waals surface area contributed by atoms with Gasteiger partial charge in [-0.05, 0) is 18.2 Å². The molecule has 0 saturated heterocycles. The maximum absolute atomic E-state index is 13.0. The van der Waals surface area contributed by atoms with E-state index in [0.717, 1.165) is 6.07 Å². The summed E-state index contributed by atoms with van der Waals surface area (Å²) >= 11 is 0. The Morgan fingerprint density at radius 2 is 2.29 bits per heavy atom.